The van der Waals surface area contributed by atoms with Crippen LogP contribution in [0, 0.1) is 10.1 Å². The monoisotopic (exact) mass is 335 g/mol. The summed E-state index contributed by atoms with van der Waals surface area (Å²) in [6, 6.07) is 11.6. The quantitative estimate of drug-likeness (QED) is 0.393. The first-order valence-corrected chi connectivity index (χ1v) is 7.75. The molecule has 2 aromatic rings. The number of imide groups is 1. The van der Waals surface area contributed by atoms with Crippen molar-refractivity contribution >= 4 is 28.8 Å². The number of nitrogens with one attached hydrogen (secondary N) is 1. The number of anilines is 1. The molecule has 0 saturated carbocycles. The van der Waals surface area contributed by atoms with E-state index in [1.165, 1.54) is 6.07 Å². The van der Waals surface area contributed by atoms with Gasteiger partial charge >= 0.3 is 0 Å². The van der Waals surface area contributed by atoms with E-state index in [1.807, 2.05) is 4.90 Å². The van der Waals surface area contributed by atoms with Gasteiger partial charge < -0.3 is 4.90 Å². The number of nitrogens with zero attached hydrogens (tertiary/aromatic N) is 2. The third kappa shape index (κ3) is 2.46. The number of carbonyl (C=O) groups is 2. The lowest BCUT2D eigenvalue weighted by molar-refractivity contribution is -0.384. The summed E-state index contributed by atoms with van der Waals surface area (Å²) in [7, 11) is 0. The summed E-state index contributed by atoms with van der Waals surface area (Å²) >= 11 is 0. The molecule has 2 aromatic carbocycles. The highest BCUT2D eigenvalue weighted by Gasteiger charge is 2.29. The van der Waals surface area contributed by atoms with Gasteiger partial charge in [0.2, 0.25) is 0 Å². The minimum atomic E-state index is -0.445. The van der Waals surface area contributed by atoms with Gasteiger partial charge in [0, 0.05) is 41.7 Å². The first-order valence-electron chi connectivity index (χ1n) is 7.75. The second-order valence-electron chi connectivity index (χ2n) is 5.89. The molecule has 0 bridgehead atoms. The number of rotatable bonds is 2. The maximum absolute atomic E-state index is 12.3. The van der Waals surface area contributed by atoms with Crippen molar-refractivity contribution in [3.05, 3.63) is 75.5 Å². The van der Waals surface area contributed by atoms with Crippen LogP contribution in [0.25, 0.3) is 5.57 Å². The molecule has 0 fully saturated rings. The molecule has 4 rings (SSSR count). The van der Waals surface area contributed by atoms with Crippen molar-refractivity contribution in [2.75, 3.05) is 11.4 Å². The molecule has 0 unspecified atom stereocenters. The van der Waals surface area contributed by atoms with Gasteiger partial charge in [-0.25, -0.2) is 0 Å². The number of hydrogen-bond acceptors (Lipinski definition) is 5. The molecule has 2 amide bonds. The fraction of sp³-hybridized carbons (Fsp3) is 0.111. The second kappa shape index (κ2) is 5.55. The Morgan fingerprint density at radius 2 is 1.84 bits per heavy atom. The van der Waals surface area contributed by atoms with Gasteiger partial charge in [0.15, 0.2) is 0 Å². The van der Waals surface area contributed by atoms with E-state index in [0.29, 0.717) is 29.7 Å². The van der Waals surface area contributed by atoms with E-state index in [4.69, 9.17) is 0 Å². The summed E-state index contributed by atoms with van der Waals surface area (Å²) in [5, 5.41) is 13.3. The normalized spacial score (nSPS) is 17.3. The first kappa shape index (κ1) is 15.1. The molecule has 1 N–H and O–H groups in total. The lowest BCUT2D eigenvalue weighted by Gasteiger charge is -2.21. The van der Waals surface area contributed by atoms with E-state index < -0.39 is 16.7 Å². The highest BCUT2D eigenvalue weighted by Crippen LogP contribution is 2.33. The zero-order chi connectivity index (χ0) is 17.6. The third-order valence-electron chi connectivity index (χ3n) is 4.42. The Hall–Kier alpha value is -3.48. The number of carbonyl (C=O) groups excluding carboxylic acids is 2. The lowest BCUT2D eigenvalue weighted by atomic mass is 9.95. The van der Waals surface area contributed by atoms with Crippen molar-refractivity contribution in [3.8, 4) is 0 Å². The van der Waals surface area contributed by atoms with E-state index >= 15 is 0 Å². The molecular formula is C18H13N3O4. The van der Waals surface area contributed by atoms with Crippen molar-refractivity contribution in [3.63, 3.8) is 0 Å². The van der Waals surface area contributed by atoms with Crippen LogP contribution in [-0.4, -0.2) is 23.3 Å². The molecule has 0 saturated heterocycles. The average molecular weight is 335 g/mol. The molecule has 2 heterocycles. The van der Waals surface area contributed by atoms with Gasteiger partial charge in [-0.2, -0.15) is 0 Å². The molecule has 124 valence electrons. The van der Waals surface area contributed by atoms with E-state index in [0.717, 1.165) is 11.3 Å². The van der Waals surface area contributed by atoms with Gasteiger partial charge in [-0.1, -0.05) is 18.2 Å². The maximum Gasteiger partial charge on any atom is 0.269 e. The molecular weight excluding hydrogens is 322 g/mol. The van der Waals surface area contributed by atoms with Crippen LogP contribution < -0.4 is 10.2 Å². The Kier molecular flexibility index (Phi) is 3.35. The van der Waals surface area contributed by atoms with Crippen molar-refractivity contribution < 1.29 is 14.5 Å². The number of amides is 2. The van der Waals surface area contributed by atoms with Crippen molar-refractivity contribution in [1.82, 2.24) is 5.32 Å². The fourth-order valence-electron chi connectivity index (χ4n) is 3.22. The molecule has 0 spiro atoms. The summed E-state index contributed by atoms with van der Waals surface area (Å²) in [5.41, 5.74) is 3.20. The number of hydrogen-bond donors (Lipinski definition) is 1. The van der Waals surface area contributed by atoms with E-state index in [1.54, 1.807) is 42.6 Å². The smallest absolute Gasteiger partial charge is 0.269 e. The molecule has 0 atom stereocenters. The Morgan fingerprint density at radius 3 is 2.60 bits per heavy atom. The molecule has 2 aliphatic rings. The molecule has 0 aromatic heterocycles. The summed E-state index contributed by atoms with van der Waals surface area (Å²) in [5.74, 6) is -0.853. The minimum Gasteiger partial charge on any atom is -0.347 e. The van der Waals surface area contributed by atoms with E-state index in [-0.39, 0.29) is 5.69 Å². The summed E-state index contributed by atoms with van der Waals surface area (Å²) in [6.45, 7) is 0.614. The predicted molar refractivity (Wildman–Crippen MR) is 91.0 cm³/mol. The van der Waals surface area contributed by atoms with Crippen LogP contribution in [0.2, 0.25) is 0 Å². The molecule has 25 heavy (non-hydrogen) atoms. The fourth-order valence-corrected chi connectivity index (χ4v) is 3.22. The van der Waals surface area contributed by atoms with Crippen LogP contribution in [-0.2, 0) is 11.2 Å². The SMILES string of the molecule is O=C1NC(=O)c2ccccc2C1=CN1CCc2cc([N+](=O)[O-])ccc21. The Bertz CT molecular complexity index is 965. The summed E-state index contributed by atoms with van der Waals surface area (Å²) in [6.07, 6.45) is 2.36. The third-order valence-corrected chi connectivity index (χ3v) is 4.42. The lowest BCUT2D eigenvalue weighted by Crippen LogP contribution is -2.37. The van der Waals surface area contributed by atoms with Gasteiger partial charge in [-0.15, -0.1) is 0 Å². The topological polar surface area (TPSA) is 92.6 Å². The van der Waals surface area contributed by atoms with E-state index in [9.17, 15) is 19.7 Å². The largest absolute Gasteiger partial charge is 0.347 e. The minimum absolute atomic E-state index is 0.0552. The predicted octanol–water partition coefficient (Wildman–Crippen LogP) is 2.27. The van der Waals surface area contributed by atoms with Gasteiger partial charge in [0.25, 0.3) is 17.5 Å². The number of nitro groups is 1. The van der Waals surface area contributed by atoms with Crippen LogP contribution in [0.4, 0.5) is 11.4 Å². The van der Waals surface area contributed by atoms with Gasteiger partial charge in [0.1, 0.15) is 0 Å². The van der Waals surface area contributed by atoms with Crippen molar-refractivity contribution in [1.29, 1.82) is 0 Å². The van der Waals surface area contributed by atoms with Crippen molar-refractivity contribution in [2.24, 2.45) is 0 Å². The van der Waals surface area contributed by atoms with Crippen LogP contribution in [0.5, 0.6) is 0 Å². The molecule has 0 radical (unpaired) electrons. The average Bonchev–Trinajstić information content (AvgIpc) is 3.00. The highest BCUT2D eigenvalue weighted by atomic mass is 16.6. The van der Waals surface area contributed by atoms with E-state index in [2.05, 4.69) is 5.32 Å². The van der Waals surface area contributed by atoms with Crippen LogP contribution in [0.3, 0.4) is 0 Å². The zero-order valence-electron chi connectivity index (χ0n) is 13.1. The van der Waals surface area contributed by atoms with Crippen LogP contribution >= 0.6 is 0 Å². The Labute approximate surface area is 142 Å². The summed E-state index contributed by atoms with van der Waals surface area (Å²) in [4.78, 5) is 36.6. The number of non-ortho nitro benzene ring substituents is 1. The molecule has 7 nitrogen and oxygen atoms in total. The number of benzene rings is 2. The Morgan fingerprint density at radius 1 is 1.08 bits per heavy atom. The van der Waals surface area contributed by atoms with Gasteiger partial charge in [-0.05, 0) is 24.1 Å². The Balaban J connectivity index is 1.76. The number of nitro benzene ring substituents is 1. The molecule has 7 heteroatoms. The molecule has 2 aliphatic heterocycles. The van der Waals surface area contributed by atoms with Gasteiger partial charge in [-0.3, -0.25) is 25.0 Å². The maximum atomic E-state index is 12.3. The standard InChI is InChI=1S/C18H13N3O4/c22-17-14-4-2-1-3-13(14)15(18(23)19-17)10-20-8-7-11-9-12(21(24)25)5-6-16(11)20/h1-6,9-10H,7-8H2,(H,19,22,23). The molecule has 0 aliphatic carbocycles. The van der Waals surface area contributed by atoms with Crippen molar-refractivity contribution in [2.45, 2.75) is 6.42 Å². The first-order chi connectivity index (χ1) is 12.0. The zero-order valence-corrected chi connectivity index (χ0v) is 13.1. The number of fused-ring (bicyclic) bond motifs is 2. The van der Waals surface area contributed by atoms with Gasteiger partial charge in [0.05, 0.1) is 10.5 Å². The summed E-state index contributed by atoms with van der Waals surface area (Å²) < 4.78 is 0. The second-order valence-corrected chi connectivity index (χ2v) is 5.89. The highest BCUT2D eigenvalue weighted by molar-refractivity contribution is 6.31. The van der Waals surface area contributed by atoms with Crippen LogP contribution in [0.1, 0.15) is 21.5 Å². The van der Waals surface area contributed by atoms with Crippen LogP contribution in [0.15, 0.2) is 48.7 Å².